The van der Waals surface area contributed by atoms with Crippen molar-refractivity contribution in [3.63, 3.8) is 0 Å². The molecule has 1 aliphatic rings. The van der Waals surface area contributed by atoms with Crippen LogP contribution < -0.4 is 5.32 Å². The number of nitrogens with one attached hydrogen (secondary N) is 1. The molecule has 19 heavy (non-hydrogen) atoms. The number of rotatable bonds is 6. The average Bonchev–Trinajstić information content (AvgIpc) is 2.82. The maximum atomic E-state index is 4.62. The molecule has 108 valence electrons. The summed E-state index contributed by atoms with van der Waals surface area (Å²) >= 11 is 3.81. The SMILES string of the molecule is CCCNC1CCC(CC)CC1Sc1nc(C)cs1. The lowest BCUT2D eigenvalue weighted by molar-refractivity contribution is 0.295. The Morgan fingerprint density at radius 1 is 1.42 bits per heavy atom. The Morgan fingerprint density at radius 3 is 2.89 bits per heavy atom. The highest BCUT2D eigenvalue weighted by atomic mass is 32.2. The minimum atomic E-state index is 0.678. The minimum absolute atomic E-state index is 0.678. The Balaban J connectivity index is 1.97. The van der Waals surface area contributed by atoms with Gasteiger partial charge in [0, 0.05) is 22.4 Å². The molecule has 0 saturated heterocycles. The summed E-state index contributed by atoms with van der Waals surface area (Å²) in [5.74, 6) is 0.915. The lowest BCUT2D eigenvalue weighted by Gasteiger charge is -2.35. The molecule has 0 amide bonds. The van der Waals surface area contributed by atoms with E-state index >= 15 is 0 Å². The third kappa shape index (κ3) is 4.47. The molecule has 0 aromatic carbocycles. The van der Waals surface area contributed by atoms with Gasteiger partial charge in [-0.3, -0.25) is 0 Å². The van der Waals surface area contributed by atoms with Gasteiger partial charge in [0.05, 0.1) is 0 Å². The normalized spacial score (nSPS) is 27.6. The molecule has 0 radical (unpaired) electrons. The van der Waals surface area contributed by atoms with E-state index in [0.717, 1.165) is 18.2 Å². The van der Waals surface area contributed by atoms with E-state index in [4.69, 9.17) is 0 Å². The van der Waals surface area contributed by atoms with Gasteiger partial charge >= 0.3 is 0 Å². The van der Waals surface area contributed by atoms with Crippen LogP contribution in [0.2, 0.25) is 0 Å². The van der Waals surface area contributed by atoms with E-state index in [0.29, 0.717) is 11.3 Å². The van der Waals surface area contributed by atoms with Crippen LogP contribution in [0.1, 0.15) is 51.6 Å². The van der Waals surface area contributed by atoms with Crippen LogP contribution >= 0.6 is 23.1 Å². The zero-order chi connectivity index (χ0) is 13.7. The van der Waals surface area contributed by atoms with Gasteiger partial charge in [-0.05, 0) is 45.1 Å². The predicted octanol–water partition coefficient (Wildman–Crippen LogP) is 4.49. The van der Waals surface area contributed by atoms with Gasteiger partial charge < -0.3 is 5.32 Å². The topological polar surface area (TPSA) is 24.9 Å². The third-order valence-corrected chi connectivity index (χ3v) is 6.43. The molecule has 1 aromatic heterocycles. The second kappa shape index (κ2) is 7.65. The van der Waals surface area contributed by atoms with Crippen LogP contribution in [-0.4, -0.2) is 22.8 Å². The highest BCUT2D eigenvalue weighted by molar-refractivity contribution is 8.01. The van der Waals surface area contributed by atoms with Gasteiger partial charge in [-0.1, -0.05) is 32.0 Å². The van der Waals surface area contributed by atoms with E-state index in [1.54, 1.807) is 11.3 Å². The standard InChI is InChI=1S/C15H26N2S2/c1-4-8-16-13-7-6-12(5-2)9-14(13)19-15-17-11(3)10-18-15/h10,12-14,16H,4-9H2,1-3H3. The second-order valence-electron chi connectivity index (χ2n) is 5.56. The van der Waals surface area contributed by atoms with E-state index < -0.39 is 0 Å². The Morgan fingerprint density at radius 2 is 2.26 bits per heavy atom. The first-order chi connectivity index (χ1) is 9.22. The van der Waals surface area contributed by atoms with E-state index in [1.165, 1.54) is 36.4 Å². The Hall–Kier alpha value is -0.0600. The van der Waals surface area contributed by atoms with Crippen molar-refractivity contribution in [2.45, 2.75) is 68.5 Å². The Bertz CT molecular complexity index is 378. The van der Waals surface area contributed by atoms with Gasteiger partial charge in [0.15, 0.2) is 0 Å². The molecule has 2 rings (SSSR count). The molecule has 0 bridgehead atoms. The maximum absolute atomic E-state index is 4.62. The lowest BCUT2D eigenvalue weighted by atomic mass is 9.84. The fourth-order valence-electron chi connectivity index (χ4n) is 2.79. The van der Waals surface area contributed by atoms with Crippen molar-refractivity contribution in [2.24, 2.45) is 5.92 Å². The van der Waals surface area contributed by atoms with E-state index in [-0.39, 0.29) is 0 Å². The summed E-state index contributed by atoms with van der Waals surface area (Å²) < 4.78 is 1.25. The number of thioether (sulfide) groups is 1. The second-order valence-corrected chi connectivity index (χ2v) is 7.90. The number of thiazole rings is 1. The highest BCUT2D eigenvalue weighted by Crippen LogP contribution is 2.38. The summed E-state index contributed by atoms with van der Waals surface area (Å²) in [5.41, 5.74) is 1.16. The van der Waals surface area contributed by atoms with Crippen LogP contribution in [0.4, 0.5) is 0 Å². The maximum Gasteiger partial charge on any atom is 0.150 e. The third-order valence-electron chi connectivity index (χ3n) is 3.98. The zero-order valence-electron chi connectivity index (χ0n) is 12.3. The summed E-state index contributed by atoms with van der Waals surface area (Å²) in [5, 5.41) is 6.62. The highest BCUT2D eigenvalue weighted by Gasteiger charge is 2.30. The number of aromatic nitrogens is 1. The number of nitrogens with zero attached hydrogens (tertiary/aromatic N) is 1. The molecule has 3 atom stereocenters. The summed E-state index contributed by atoms with van der Waals surface area (Å²) in [6.07, 6.45) is 6.63. The molecular weight excluding hydrogens is 272 g/mol. The van der Waals surface area contributed by atoms with Crippen molar-refractivity contribution >= 4 is 23.1 Å². The number of hydrogen-bond donors (Lipinski definition) is 1. The molecule has 3 unspecified atom stereocenters. The van der Waals surface area contributed by atoms with E-state index in [1.807, 2.05) is 11.8 Å². The van der Waals surface area contributed by atoms with Crippen LogP contribution in [0.15, 0.2) is 9.72 Å². The van der Waals surface area contributed by atoms with Crippen LogP contribution in [0.5, 0.6) is 0 Å². The Labute approximate surface area is 125 Å². The molecule has 0 aliphatic heterocycles. The number of aryl methyl sites for hydroxylation is 1. The first-order valence-electron chi connectivity index (χ1n) is 7.55. The van der Waals surface area contributed by atoms with Gasteiger partial charge in [-0.2, -0.15) is 0 Å². The summed E-state index contributed by atoms with van der Waals surface area (Å²) in [7, 11) is 0. The average molecular weight is 299 g/mol. The van der Waals surface area contributed by atoms with Gasteiger partial charge in [0.1, 0.15) is 4.34 Å². The number of hydrogen-bond acceptors (Lipinski definition) is 4. The van der Waals surface area contributed by atoms with Gasteiger partial charge in [-0.15, -0.1) is 11.3 Å². The molecule has 1 saturated carbocycles. The van der Waals surface area contributed by atoms with Crippen molar-refractivity contribution in [3.05, 3.63) is 11.1 Å². The van der Waals surface area contributed by atoms with Gasteiger partial charge in [-0.25, -0.2) is 4.98 Å². The van der Waals surface area contributed by atoms with Crippen LogP contribution in [0.3, 0.4) is 0 Å². The van der Waals surface area contributed by atoms with E-state index in [2.05, 4.69) is 36.5 Å². The van der Waals surface area contributed by atoms with Crippen molar-refractivity contribution in [1.82, 2.24) is 10.3 Å². The van der Waals surface area contributed by atoms with Crippen molar-refractivity contribution in [1.29, 1.82) is 0 Å². The molecule has 1 aliphatic carbocycles. The molecule has 0 spiro atoms. The lowest BCUT2D eigenvalue weighted by Crippen LogP contribution is -2.42. The summed E-state index contributed by atoms with van der Waals surface area (Å²) in [4.78, 5) is 4.62. The first kappa shape index (κ1) is 15.3. The van der Waals surface area contributed by atoms with Crippen LogP contribution in [-0.2, 0) is 0 Å². The first-order valence-corrected chi connectivity index (χ1v) is 9.31. The molecular formula is C15H26N2S2. The minimum Gasteiger partial charge on any atom is -0.313 e. The smallest absolute Gasteiger partial charge is 0.150 e. The largest absolute Gasteiger partial charge is 0.313 e. The quantitative estimate of drug-likeness (QED) is 0.837. The Kier molecular flexibility index (Phi) is 6.17. The molecule has 1 N–H and O–H groups in total. The summed E-state index contributed by atoms with van der Waals surface area (Å²) in [6, 6.07) is 0.678. The fraction of sp³-hybridized carbons (Fsp3) is 0.800. The van der Waals surface area contributed by atoms with Crippen molar-refractivity contribution in [3.8, 4) is 0 Å². The molecule has 4 heteroatoms. The molecule has 1 fully saturated rings. The predicted molar refractivity (Wildman–Crippen MR) is 86.2 cm³/mol. The van der Waals surface area contributed by atoms with Gasteiger partial charge in [0.2, 0.25) is 0 Å². The summed E-state index contributed by atoms with van der Waals surface area (Å²) in [6.45, 7) is 7.81. The van der Waals surface area contributed by atoms with Crippen molar-refractivity contribution in [2.75, 3.05) is 6.54 Å². The van der Waals surface area contributed by atoms with Crippen molar-refractivity contribution < 1.29 is 0 Å². The van der Waals surface area contributed by atoms with Gasteiger partial charge in [0.25, 0.3) is 0 Å². The monoisotopic (exact) mass is 298 g/mol. The van der Waals surface area contributed by atoms with Crippen LogP contribution in [0, 0.1) is 12.8 Å². The molecule has 1 heterocycles. The molecule has 1 aromatic rings. The van der Waals surface area contributed by atoms with E-state index in [9.17, 15) is 0 Å². The zero-order valence-corrected chi connectivity index (χ0v) is 13.9. The van der Waals surface area contributed by atoms with Crippen LogP contribution in [0.25, 0.3) is 0 Å². The fourth-order valence-corrected chi connectivity index (χ4v) is 5.27. The molecule has 2 nitrogen and oxygen atoms in total.